The highest BCUT2D eigenvalue weighted by Gasteiger charge is 2.36. The van der Waals surface area contributed by atoms with E-state index in [0.717, 1.165) is 0 Å². The molecule has 0 unspecified atom stereocenters. The second kappa shape index (κ2) is 6.44. The maximum Gasteiger partial charge on any atom is 0.273 e. The second-order valence-electron chi connectivity index (χ2n) is 6.89. The minimum atomic E-state index is 0.417. The molecule has 26 heavy (non-hydrogen) atoms. The Bertz CT molecular complexity index is 1050. The molecule has 5 rings (SSSR count). The van der Waals surface area contributed by atoms with Crippen molar-refractivity contribution >= 4 is 78.6 Å². The Hall–Kier alpha value is -1.77. The third kappa shape index (κ3) is 2.43. The van der Waals surface area contributed by atoms with Crippen LogP contribution in [0.2, 0.25) is 0 Å². The van der Waals surface area contributed by atoms with E-state index in [1.165, 1.54) is 43.4 Å². The highest BCUT2D eigenvalue weighted by atomic mass is 32.2. The Morgan fingerprint density at radius 1 is 0.500 bits per heavy atom. The molecule has 0 radical (unpaired) electrons. The van der Waals surface area contributed by atoms with Crippen molar-refractivity contribution in [3.63, 3.8) is 0 Å². The Morgan fingerprint density at radius 3 is 1.35 bits per heavy atom. The van der Waals surface area contributed by atoms with Gasteiger partial charge in [-0.25, -0.2) is 23.2 Å². The van der Waals surface area contributed by atoms with Crippen LogP contribution in [0.4, 0.5) is 0 Å². The molecule has 0 bridgehead atoms. The first kappa shape index (κ1) is 16.4. The quantitative estimate of drug-likeness (QED) is 0.394. The molecule has 0 fully saturated rings. The largest absolute Gasteiger partial charge is 0.273 e. The van der Waals surface area contributed by atoms with Gasteiger partial charge in [0.05, 0.1) is 0 Å². The summed E-state index contributed by atoms with van der Waals surface area (Å²) in [6.45, 7) is 0. The van der Waals surface area contributed by atoms with E-state index in [2.05, 4.69) is 85.3 Å². The molecule has 0 saturated carbocycles. The van der Waals surface area contributed by atoms with E-state index in [1.54, 1.807) is 0 Å². The summed E-state index contributed by atoms with van der Waals surface area (Å²) >= 11 is 3.89. The predicted octanol–water partition coefficient (Wildman–Crippen LogP) is 3.24. The van der Waals surface area contributed by atoms with Crippen LogP contribution >= 0.6 is 23.2 Å². The first-order valence-corrected chi connectivity index (χ1v) is 11.5. The Kier molecular flexibility index (Phi) is 4.06. The summed E-state index contributed by atoms with van der Waals surface area (Å²) in [6.07, 6.45) is 4.46. The lowest BCUT2D eigenvalue weighted by Gasteiger charge is -2.30. The van der Waals surface area contributed by atoms with Gasteiger partial charge in [-0.2, -0.15) is 0 Å². The molecule has 1 aliphatic rings. The fourth-order valence-electron chi connectivity index (χ4n) is 4.31. The van der Waals surface area contributed by atoms with Crippen molar-refractivity contribution in [2.75, 3.05) is 12.5 Å². The smallest absolute Gasteiger partial charge is 0.200 e. The first-order valence-electron chi connectivity index (χ1n) is 8.91. The number of benzene rings is 4. The van der Waals surface area contributed by atoms with Gasteiger partial charge in [0.15, 0.2) is 0 Å². The summed E-state index contributed by atoms with van der Waals surface area (Å²) < 4.78 is 0. The van der Waals surface area contributed by atoms with Crippen LogP contribution in [0.25, 0.3) is 21.5 Å². The van der Waals surface area contributed by atoms with Crippen molar-refractivity contribution in [2.45, 2.75) is 0 Å². The molecule has 0 amide bonds. The van der Waals surface area contributed by atoms with Crippen LogP contribution in [0, 0.1) is 0 Å². The van der Waals surface area contributed by atoms with Crippen molar-refractivity contribution in [3.05, 3.63) is 72.8 Å². The molecule has 4 aromatic carbocycles. The number of hydrogen-bond acceptors (Lipinski definition) is 2. The van der Waals surface area contributed by atoms with E-state index < -0.39 is 0 Å². The average Bonchev–Trinajstić information content (AvgIpc) is 2.69. The maximum absolute atomic E-state index is 2.44. The van der Waals surface area contributed by atoms with Crippen LogP contribution in [0.1, 0.15) is 0 Å². The first-order chi connectivity index (χ1) is 12.8. The molecule has 1 heterocycles. The van der Waals surface area contributed by atoms with Crippen LogP contribution in [-0.2, 0) is 0 Å². The molecule has 4 aromatic rings. The highest BCUT2D eigenvalue weighted by Crippen LogP contribution is 2.23. The summed E-state index contributed by atoms with van der Waals surface area (Å²) in [5.74, 6) is 0.834. The Balaban J connectivity index is 1.82. The number of fused-ring (bicyclic) bond motifs is 4. The molecule has 0 nitrogen and oxygen atoms in total. The maximum atomic E-state index is 2.44. The molecule has 0 saturated heterocycles. The molecule has 0 spiro atoms. The normalized spacial score (nSPS) is 13.2. The molecular weight excluding hydrogens is 350 g/mol. The second-order valence-corrected chi connectivity index (χ2v) is 8.77. The zero-order chi connectivity index (χ0) is 17.7. The lowest BCUT2D eigenvalue weighted by atomic mass is 9.41. The third-order valence-corrected chi connectivity index (χ3v) is 7.46. The van der Waals surface area contributed by atoms with Gasteiger partial charge in [0.2, 0.25) is 0 Å². The van der Waals surface area contributed by atoms with Crippen LogP contribution in [0.5, 0.6) is 0 Å². The molecule has 0 aliphatic carbocycles. The van der Waals surface area contributed by atoms with Crippen molar-refractivity contribution in [2.24, 2.45) is 0 Å². The SMILES string of the molecule is CSB1c2ccccc2B(SC)c2cc3cc4ccccc4cc3cc21. The zero-order valence-electron chi connectivity index (χ0n) is 14.9. The third-order valence-electron chi connectivity index (χ3n) is 5.50. The van der Waals surface area contributed by atoms with Crippen LogP contribution < -0.4 is 21.9 Å². The van der Waals surface area contributed by atoms with Crippen molar-refractivity contribution in [1.82, 2.24) is 0 Å². The molecule has 124 valence electrons. The van der Waals surface area contributed by atoms with Gasteiger partial charge in [-0.05, 0) is 46.2 Å². The van der Waals surface area contributed by atoms with Crippen molar-refractivity contribution in [3.8, 4) is 0 Å². The minimum Gasteiger partial charge on any atom is -0.200 e. The average molecular weight is 368 g/mol. The molecular formula is C22H18B2S2. The molecule has 0 aromatic heterocycles. The van der Waals surface area contributed by atoms with Gasteiger partial charge < -0.3 is 0 Å². The van der Waals surface area contributed by atoms with Crippen LogP contribution in [0.15, 0.2) is 72.8 Å². The highest BCUT2D eigenvalue weighted by molar-refractivity contribution is 8.29. The minimum absolute atomic E-state index is 0.417. The van der Waals surface area contributed by atoms with E-state index in [1.807, 2.05) is 23.2 Å². The van der Waals surface area contributed by atoms with Gasteiger partial charge in [0.1, 0.15) is 0 Å². The van der Waals surface area contributed by atoms with Crippen molar-refractivity contribution < 1.29 is 0 Å². The van der Waals surface area contributed by atoms with Gasteiger partial charge in [0.25, 0.3) is 12.0 Å². The van der Waals surface area contributed by atoms with E-state index >= 15 is 0 Å². The Morgan fingerprint density at radius 2 is 0.923 bits per heavy atom. The van der Waals surface area contributed by atoms with Gasteiger partial charge in [-0.1, -0.05) is 82.5 Å². The number of rotatable bonds is 2. The lowest BCUT2D eigenvalue weighted by molar-refractivity contribution is 1.78. The number of hydrogen-bond donors (Lipinski definition) is 0. The summed E-state index contributed by atoms with van der Waals surface area (Å²) in [7, 11) is 0. The van der Waals surface area contributed by atoms with Gasteiger partial charge >= 0.3 is 0 Å². The Labute approximate surface area is 163 Å². The molecule has 1 aliphatic heterocycles. The van der Waals surface area contributed by atoms with E-state index in [0.29, 0.717) is 12.0 Å². The summed E-state index contributed by atoms with van der Waals surface area (Å²) in [6, 6.07) is 27.2. The van der Waals surface area contributed by atoms with Crippen molar-refractivity contribution in [1.29, 1.82) is 0 Å². The van der Waals surface area contributed by atoms with Crippen LogP contribution in [0.3, 0.4) is 0 Å². The standard InChI is InChI=1S/C22H18B2S2/c1-25-23-19-9-5-6-10-20(19)24(26-2)22-14-18-12-16-8-4-3-7-15(16)11-17(18)13-21(22)23/h3-14H,1-2H3. The molecule has 0 atom stereocenters. The summed E-state index contributed by atoms with van der Waals surface area (Å²) in [5, 5.41) is 5.33. The van der Waals surface area contributed by atoms with Crippen LogP contribution in [-0.4, -0.2) is 24.5 Å². The van der Waals surface area contributed by atoms with Gasteiger partial charge in [-0.3, -0.25) is 0 Å². The van der Waals surface area contributed by atoms with E-state index in [9.17, 15) is 0 Å². The fraction of sp³-hybridized carbons (Fsp3) is 0.0909. The monoisotopic (exact) mass is 368 g/mol. The fourth-order valence-corrected chi connectivity index (χ4v) is 6.17. The summed E-state index contributed by atoms with van der Waals surface area (Å²) in [4.78, 5) is 0. The van der Waals surface area contributed by atoms with Gasteiger partial charge in [0, 0.05) is 0 Å². The van der Waals surface area contributed by atoms with Gasteiger partial charge in [-0.15, -0.1) is 0 Å². The van der Waals surface area contributed by atoms with E-state index in [4.69, 9.17) is 0 Å². The molecule has 0 N–H and O–H groups in total. The predicted molar refractivity (Wildman–Crippen MR) is 125 cm³/mol. The lowest BCUT2D eigenvalue weighted by Crippen LogP contribution is -2.66. The topological polar surface area (TPSA) is 0 Å². The van der Waals surface area contributed by atoms with E-state index in [-0.39, 0.29) is 0 Å². The zero-order valence-corrected chi connectivity index (χ0v) is 16.5. The summed E-state index contributed by atoms with van der Waals surface area (Å²) in [5.41, 5.74) is 5.93. The molecule has 4 heteroatoms.